The molecule has 1 fully saturated rings. The van der Waals surface area contributed by atoms with Gasteiger partial charge >= 0.3 is 0 Å². The molecule has 1 saturated heterocycles. The lowest BCUT2D eigenvalue weighted by Crippen LogP contribution is -2.44. The van der Waals surface area contributed by atoms with E-state index >= 15 is 0 Å². The highest BCUT2D eigenvalue weighted by Crippen LogP contribution is 2.22. The summed E-state index contributed by atoms with van der Waals surface area (Å²) in [5, 5.41) is 13.9. The van der Waals surface area contributed by atoms with Crippen LogP contribution >= 0.6 is 0 Å². The maximum absolute atomic E-state index is 12.7. The Kier molecular flexibility index (Phi) is 6.19. The number of rotatable bonds is 6. The quantitative estimate of drug-likeness (QED) is 0.824. The van der Waals surface area contributed by atoms with Gasteiger partial charge in [0.25, 0.3) is 5.91 Å². The first-order valence-corrected chi connectivity index (χ1v) is 9.20. The molecule has 0 spiro atoms. The Bertz CT molecular complexity index is 757. The van der Waals surface area contributed by atoms with E-state index in [1.807, 2.05) is 30.3 Å². The van der Waals surface area contributed by atoms with Gasteiger partial charge in [0.05, 0.1) is 30.4 Å². The number of hydrogen-bond donors (Lipinski definition) is 2. The third kappa shape index (κ3) is 4.58. The maximum atomic E-state index is 12.7. The molecule has 1 aromatic heterocycles. The summed E-state index contributed by atoms with van der Waals surface area (Å²) in [7, 11) is 0. The number of pyridine rings is 1. The number of nitrogens with one attached hydrogen (secondary N) is 1. The number of fused-ring (bicyclic) bond motifs is 1. The van der Waals surface area contributed by atoms with Gasteiger partial charge in [-0.05, 0) is 18.1 Å². The predicted octanol–water partition coefficient (Wildman–Crippen LogP) is 1.78. The lowest BCUT2D eigenvalue weighted by Gasteiger charge is -2.28. The van der Waals surface area contributed by atoms with Crippen LogP contribution in [0.25, 0.3) is 10.9 Å². The first kappa shape index (κ1) is 18.8. The number of aromatic nitrogens is 1. The molecule has 1 atom stereocenters. The largest absolute Gasteiger partial charge is 0.390 e. The lowest BCUT2D eigenvalue weighted by atomic mass is 10.0. The molecule has 1 aliphatic rings. The predicted molar refractivity (Wildman–Crippen MR) is 101 cm³/mol. The molecule has 2 heterocycles. The monoisotopic (exact) mass is 357 g/mol. The van der Waals surface area contributed by atoms with Crippen LogP contribution in [0.2, 0.25) is 0 Å². The summed E-state index contributed by atoms with van der Waals surface area (Å²) >= 11 is 0. The van der Waals surface area contributed by atoms with E-state index < -0.39 is 6.10 Å². The van der Waals surface area contributed by atoms with Gasteiger partial charge in [-0.15, -0.1) is 0 Å². The lowest BCUT2D eigenvalue weighted by molar-refractivity contribution is 0.0149. The highest BCUT2D eigenvalue weighted by Gasteiger charge is 2.18. The summed E-state index contributed by atoms with van der Waals surface area (Å²) < 4.78 is 5.31. The second kappa shape index (κ2) is 8.58. The first-order valence-electron chi connectivity index (χ1n) is 9.20. The molecule has 0 radical (unpaired) electrons. The van der Waals surface area contributed by atoms with Crippen LogP contribution in [0.1, 0.15) is 35.8 Å². The van der Waals surface area contributed by atoms with Gasteiger partial charge in [-0.1, -0.05) is 32.0 Å². The number of carbonyl (C=O) groups excluding carboxylic acids is 1. The number of amides is 1. The van der Waals surface area contributed by atoms with E-state index in [1.54, 1.807) is 0 Å². The molecular formula is C20H27N3O3. The molecule has 0 saturated carbocycles. The van der Waals surface area contributed by atoms with Crippen LogP contribution in [0.3, 0.4) is 0 Å². The van der Waals surface area contributed by atoms with Crippen molar-refractivity contribution in [1.29, 1.82) is 0 Å². The SMILES string of the molecule is CC(C)c1cc(C(=O)NC[C@H](O)CN2CCOCC2)c2ccccc2n1. The highest BCUT2D eigenvalue weighted by atomic mass is 16.5. The number of para-hydroxylation sites is 1. The number of β-amino-alcohol motifs (C(OH)–C–C–N with tert-alkyl or cyclic N) is 1. The van der Waals surface area contributed by atoms with Crippen molar-refractivity contribution in [3.63, 3.8) is 0 Å². The van der Waals surface area contributed by atoms with Gasteiger partial charge in [0.15, 0.2) is 0 Å². The zero-order valence-corrected chi connectivity index (χ0v) is 15.4. The summed E-state index contributed by atoms with van der Waals surface area (Å²) in [5.41, 5.74) is 2.32. The van der Waals surface area contributed by atoms with Gasteiger partial charge in [-0.3, -0.25) is 14.7 Å². The number of morpholine rings is 1. The maximum Gasteiger partial charge on any atom is 0.252 e. The van der Waals surface area contributed by atoms with Crippen molar-refractivity contribution in [1.82, 2.24) is 15.2 Å². The number of aliphatic hydroxyl groups is 1. The number of nitrogens with zero attached hydrogens (tertiary/aromatic N) is 2. The van der Waals surface area contributed by atoms with Gasteiger partial charge in [-0.25, -0.2) is 0 Å². The number of aliphatic hydroxyl groups excluding tert-OH is 1. The minimum atomic E-state index is -0.602. The molecule has 0 aliphatic carbocycles. The van der Waals surface area contributed by atoms with Gasteiger partial charge in [-0.2, -0.15) is 0 Å². The Labute approximate surface area is 154 Å². The van der Waals surface area contributed by atoms with Crippen molar-refractivity contribution in [2.75, 3.05) is 39.4 Å². The molecule has 6 nitrogen and oxygen atoms in total. The van der Waals surface area contributed by atoms with Crippen LogP contribution in [0.4, 0.5) is 0 Å². The molecule has 2 aromatic rings. The summed E-state index contributed by atoms with van der Waals surface area (Å²) in [6.45, 7) is 7.91. The number of carbonyl (C=O) groups is 1. The molecule has 1 amide bonds. The Morgan fingerprint density at radius 1 is 1.31 bits per heavy atom. The Morgan fingerprint density at radius 2 is 2.04 bits per heavy atom. The summed E-state index contributed by atoms with van der Waals surface area (Å²) in [4.78, 5) is 19.5. The molecule has 26 heavy (non-hydrogen) atoms. The molecule has 1 aromatic carbocycles. The van der Waals surface area contributed by atoms with E-state index in [2.05, 4.69) is 29.0 Å². The Hall–Kier alpha value is -2.02. The van der Waals surface area contributed by atoms with Crippen molar-refractivity contribution in [2.24, 2.45) is 0 Å². The van der Waals surface area contributed by atoms with Gasteiger partial charge in [0, 0.05) is 37.3 Å². The van der Waals surface area contributed by atoms with Gasteiger partial charge < -0.3 is 15.2 Å². The molecular weight excluding hydrogens is 330 g/mol. The number of ether oxygens (including phenoxy) is 1. The average molecular weight is 357 g/mol. The van der Waals surface area contributed by atoms with Crippen molar-refractivity contribution < 1.29 is 14.6 Å². The molecule has 140 valence electrons. The minimum Gasteiger partial charge on any atom is -0.390 e. The van der Waals surface area contributed by atoms with E-state index in [9.17, 15) is 9.90 Å². The highest BCUT2D eigenvalue weighted by molar-refractivity contribution is 6.06. The van der Waals surface area contributed by atoms with Crippen LogP contribution in [0, 0.1) is 0 Å². The fourth-order valence-electron chi connectivity index (χ4n) is 3.13. The topological polar surface area (TPSA) is 74.7 Å². The van der Waals surface area contributed by atoms with Gasteiger partial charge in [0.2, 0.25) is 0 Å². The molecule has 0 unspecified atom stereocenters. The van der Waals surface area contributed by atoms with Crippen LogP contribution in [-0.4, -0.2) is 66.4 Å². The second-order valence-electron chi connectivity index (χ2n) is 7.04. The zero-order valence-electron chi connectivity index (χ0n) is 15.4. The van der Waals surface area contributed by atoms with Crippen molar-refractivity contribution in [3.8, 4) is 0 Å². The van der Waals surface area contributed by atoms with E-state index in [0.717, 1.165) is 29.7 Å². The smallest absolute Gasteiger partial charge is 0.252 e. The van der Waals surface area contributed by atoms with E-state index in [1.165, 1.54) is 0 Å². The van der Waals surface area contributed by atoms with Crippen LogP contribution in [0.5, 0.6) is 0 Å². The van der Waals surface area contributed by atoms with Crippen LogP contribution < -0.4 is 5.32 Å². The van der Waals surface area contributed by atoms with E-state index in [-0.39, 0.29) is 18.4 Å². The fraction of sp³-hybridized carbons (Fsp3) is 0.500. The number of hydrogen-bond acceptors (Lipinski definition) is 5. The third-order valence-corrected chi connectivity index (χ3v) is 4.64. The molecule has 6 heteroatoms. The Balaban J connectivity index is 1.68. The van der Waals surface area contributed by atoms with Crippen molar-refractivity contribution in [2.45, 2.75) is 25.9 Å². The van der Waals surface area contributed by atoms with Crippen molar-refractivity contribution in [3.05, 3.63) is 41.6 Å². The number of benzene rings is 1. The normalized spacial score (nSPS) is 16.8. The second-order valence-corrected chi connectivity index (χ2v) is 7.04. The molecule has 1 aliphatic heterocycles. The molecule has 0 bridgehead atoms. The fourth-order valence-corrected chi connectivity index (χ4v) is 3.13. The zero-order chi connectivity index (χ0) is 18.5. The van der Waals surface area contributed by atoms with E-state index in [4.69, 9.17) is 4.74 Å². The molecule has 3 rings (SSSR count). The van der Waals surface area contributed by atoms with Crippen LogP contribution in [0.15, 0.2) is 30.3 Å². The van der Waals surface area contributed by atoms with E-state index in [0.29, 0.717) is 25.3 Å². The van der Waals surface area contributed by atoms with Gasteiger partial charge in [0.1, 0.15) is 0 Å². The molecule has 2 N–H and O–H groups in total. The van der Waals surface area contributed by atoms with Crippen molar-refractivity contribution >= 4 is 16.8 Å². The Morgan fingerprint density at radius 3 is 2.77 bits per heavy atom. The average Bonchev–Trinajstić information content (AvgIpc) is 2.66. The summed E-state index contributed by atoms with van der Waals surface area (Å²) in [6, 6.07) is 9.52. The van der Waals surface area contributed by atoms with Crippen LogP contribution in [-0.2, 0) is 4.74 Å². The summed E-state index contributed by atoms with van der Waals surface area (Å²) in [6.07, 6.45) is -0.602. The third-order valence-electron chi connectivity index (χ3n) is 4.64. The standard InChI is InChI=1S/C20H27N3O3/c1-14(2)19-11-17(16-5-3-4-6-18(16)22-19)20(25)21-12-15(24)13-23-7-9-26-10-8-23/h3-6,11,14-15,24H,7-10,12-13H2,1-2H3,(H,21,25)/t15-/m0/s1. The summed E-state index contributed by atoms with van der Waals surface area (Å²) in [5.74, 6) is 0.0598. The minimum absolute atomic E-state index is 0.175. The first-order chi connectivity index (χ1) is 12.5.